The number of benzene rings is 1. The zero-order valence-corrected chi connectivity index (χ0v) is 20.7. The van der Waals surface area contributed by atoms with E-state index in [1.54, 1.807) is 32.6 Å². The van der Waals surface area contributed by atoms with E-state index in [1.165, 1.54) is 0 Å². The third kappa shape index (κ3) is 6.71. The molecule has 2 atom stereocenters. The molecule has 1 aromatic rings. The molecular weight excluding hydrogens is 406 g/mol. The molecule has 1 saturated carbocycles. The van der Waals surface area contributed by atoms with Gasteiger partial charge in [-0.15, -0.1) is 0 Å². The van der Waals surface area contributed by atoms with Crippen LogP contribution in [0.15, 0.2) is 18.2 Å². The molecule has 7 nitrogen and oxygen atoms in total. The Morgan fingerprint density at radius 1 is 1.06 bits per heavy atom. The maximum Gasteiger partial charge on any atom is 0.408 e. The minimum absolute atomic E-state index is 0.0480. The van der Waals surface area contributed by atoms with E-state index in [9.17, 15) is 14.4 Å². The van der Waals surface area contributed by atoms with Gasteiger partial charge >= 0.3 is 6.09 Å². The van der Waals surface area contributed by atoms with E-state index in [2.05, 4.69) is 10.6 Å². The van der Waals surface area contributed by atoms with Crippen LogP contribution in [0.4, 0.5) is 4.79 Å². The molecule has 0 aromatic heterocycles. The van der Waals surface area contributed by atoms with E-state index in [1.807, 2.05) is 45.9 Å². The summed E-state index contributed by atoms with van der Waals surface area (Å²) in [4.78, 5) is 41.0. The zero-order valence-electron chi connectivity index (χ0n) is 20.7. The van der Waals surface area contributed by atoms with Gasteiger partial charge in [0.25, 0.3) is 0 Å². The fourth-order valence-electron chi connectivity index (χ4n) is 3.79. The highest BCUT2D eigenvalue weighted by Gasteiger charge is 2.41. The lowest BCUT2D eigenvalue weighted by Gasteiger charge is -2.43. The predicted molar refractivity (Wildman–Crippen MR) is 125 cm³/mol. The van der Waals surface area contributed by atoms with Crippen molar-refractivity contribution in [2.24, 2.45) is 0 Å². The third-order valence-electron chi connectivity index (χ3n) is 5.51. The first-order valence-corrected chi connectivity index (χ1v) is 11.5. The number of hydrogen-bond donors (Lipinski definition) is 2. The summed E-state index contributed by atoms with van der Waals surface area (Å²) in [6.07, 6.45) is 2.03. The number of nitrogens with one attached hydrogen (secondary N) is 2. The quantitative estimate of drug-likeness (QED) is 0.660. The highest BCUT2D eigenvalue weighted by molar-refractivity contribution is 5.92. The Morgan fingerprint density at radius 3 is 2.19 bits per heavy atom. The zero-order chi connectivity index (χ0) is 24.2. The molecule has 7 heteroatoms. The van der Waals surface area contributed by atoms with Crippen LogP contribution in [0.5, 0.6) is 0 Å². The Kier molecular flexibility index (Phi) is 8.32. The largest absolute Gasteiger partial charge is 0.444 e. The highest BCUT2D eigenvalue weighted by atomic mass is 16.6. The number of hydrogen-bond acceptors (Lipinski definition) is 4. The monoisotopic (exact) mass is 445 g/mol. The highest BCUT2D eigenvalue weighted by Crippen LogP contribution is 2.35. The Hall–Kier alpha value is -2.57. The normalized spacial score (nSPS) is 16.0. The predicted octanol–water partition coefficient (Wildman–Crippen LogP) is 4.16. The standard InChI is InChI=1S/C25H39N3O4/c1-15(2)26-22(29)21(20-14-16(3)12-13-17(20)4)28(19-10-9-11-19)23(30)18(5)27-24(31)32-25(6,7)8/h12-15,18-19,21H,9-11H2,1-8H3,(H,26,29)(H,27,31). The fourth-order valence-corrected chi connectivity index (χ4v) is 3.79. The van der Waals surface area contributed by atoms with Crippen LogP contribution in [0.2, 0.25) is 0 Å². The van der Waals surface area contributed by atoms with E-state index in [4.69, 9.17) is 4.74 Å². The molecule has 1 aliphatic rings. The SMILES string of the molecule is Cc1ccc(C)c(C(C(=O)NC(C)C)N(C(=O)C(C)NC(=O)OC(C)(C)C)C2CCC2)c1. The lowest BCUT2D eigenvalue weighted by atomic mass is 9.87. The molecule has 0 spiro atoms. The van der Waals surface area contributed by atoms with Crippen LogP contribution in [0.25, 0.3) is 0 Å². The van der Waals surface area contributed by atoms with Crippen LogP contribution in [0, 0.1) is 13.8 Å². The van der Waals surface area contributed by atoms with Crippen molar-refractivity contribution in [3.63, 3.8) is 0 Å². The van der Waals surface area contributed by atoms with Gasteiger partial charge in [0.05, 0.1) is 0 Å². The van der Waals surface area contributed by atoms with Gasteiger partial charge in [0.1, 0.15) is 17.7 Å². The van der Waals surface area contributed by atoms with Crippen LogP contribution in [-0.2, 0) is 14.3 Å². The number of rotatable bonds is 7. The first-order valence-electron chi connectivity index (χ1n) is 11.5. The number of ether oxygens (including phenoxy) is 1. The Morgan fingerprint density at radius 2 is 1.69 bits per heavy atom. The average Bonchev–Trinajstić information content (AvgIpc) is 2.59. The van der Waals surface area contributed by atoms with Gasteiger partial charge in [-0.05, 0) is 85.8 Å². The number of aryl methyl sites for hydroxylation is 2. The van der Waals surface area contributed by atoms with Gasteiger partial charge in [0, 0.05) is 12.1 Å². The topological polar surface area (TPSA) is 87.7 Å². The van der Waals surface area contributed by atoms with Crippen molar-refractivity contribution >= 4 is 17.9 Å². The molecule has 0 aliphatic heterocycles. The maximum absolute atomic E-state index is 13.7. The summed E-state index contributed by atoms with van der Waals surface area (Å²) in [5, 5.41) is 5.64. The Balaban J connectivity index is 2.42. The van der Waals surface area contributed by atoms with Crippen LogP contribution < -0.4 is 10.6 Å². The Bertz CT molecular complexity index is 840. The average molecular weight is 446 g/mol. The second-order valence-electron chi connectivity index (χ2n) is 10.1. The number of alkyl carbamates (subject to hydrolysis) is 1. The molecule has 2 unspecified atom stereocenters. The second kappa shape index (κ2) is 10.4. The van der Waals surface area contributed by atoms with Crippen molar-refractivity contribution in [1.29, 1.82) is 0 Å². The van der Waals surface area contributed by atoms with Gasteiger partial charge in [0.2, 0.25) is 11.8 Å². The molecule has 1 aromatic carbocycles. The van der Waals surface area contributed by atoms with Gasteiger partial charge < -0.3 is 20.3 Å². The number of nitrogens with zero attached hydrogens (tertiary/aromatic N) is 1. The minimum Gasteiger partial charge on any atom is -0.444 e. The number of carbonyl (C=O) groups is 3. The van der Waals surface area contributed by atoms with Crippen LogP contribution in [0.3, 0.4) is 0 Å². The molecule has 0 heterocycles. The molecule has 2 rings (SSSR count). The van der Waals surface area contributed by atoms with Crippen molar-refractivity contribution in [3.8, 4) is 0 Å². The molecule has 0 saturated heterocycles. The van der Waals surface area contributed by atoms with Crippen molar-refractivity contribution < 1.29 is 19.1 Å². The van der Waals surface area contributed by atoms with E-state index < -0.39 is 23.8 Å². The van der Waals surface area contributed by atoms with E-state index in [0.29, 0.717) is 0 Å². The van der Waals surface area contributed by atoms with Crippen molar-refractivity contribution in [2.75, 3.05) is 0 Å². The van der Waals surface area contributed by atoms with Crippen LogP contribution in [0.1, 0.15) is 83.5 Å². The first kappa shape index (κ1) is 25.7. The molecule has 32 heavy (non-hydrogen) atoms. The van der Waals surface area contributed by atoms with Gasteiger partial charge in [-0.1, -0.05) is 23.8 Å². The second-order valence-corrected chi connectivity index (χ2v) is 10.1. The molecule has 178 valence electrons. The van der Waals surface area contributed by atoms with Crippen LogP contribution in [-0.4, -0.2) is 46.5 Å². The van der Waals surface area contributed by atoms with Crippen molar-refractivity contribution in [1.82, 2.24) is 15.5 Å². The molecule has 1 aliphatic carbocycles. The van der Waals surface area contributed by atoms with E-state index in [-0.39, 0.29) is 23.9 Å². The Labute approximate surface area is 192 Å². The molecule has 2 N–H and O–H groups in total. The molecule has 0 bridgehead atoms. The molecule has 3 amide bonds. The maximum atomic E-state index is 13.7. The summed E-state index contributed by atoms with van der Waals surface area (Å²) in [5.41, 5.74) is 2.12. The van der Waals surface area contributed by atoms with Crippen LogP contribution >= 0.6 is 0 Å². The number of amides is 3. The smallest absolute Gasteiger partial charge is 0.408 e. The lowest BCUT2D eigenvalue weighted by molar-refractivity contribution is -0.147. The van der Waals surface area contributed by atoms with E-state index >= 15 is 0 Å². The summed E-state index contributed by atoms with van der Waals surface area (Å²) in [6, 6.07) is 4.25. The summed E-state index contributed by atoms with van der Waals surface area (Å²) in [6.45, 7) is 14.7. The lowest BCUT2D eigenvalue weighted by Crippen LogP contribution is -2.57. The molecule has 0 radical (unpaired) electrons. The van der Waals surface area contributed by atoms with Gasteiger partial charge in [0.15, 0.2) is 0 Å². The fraction of sp³-hybridized carbons (Fsp3) is 0.640. The van der Waals surface area contributed by atoms with Gasteiger partial charge in [-0.3, -0.25) is 9.59 Å². The molecular formula is C25H39N3O4. The van der Waals surface area contributed by atoms with E-state index in [0.717, 1.165) is 36.0 Å². The summed E-state index contributed by atoms with van der Waals surface area (Å²) < 4.78 is 5.32. The first-order chi connectivity index (χ1) is 14.8. The summed E-state index contributed by atoms with van der Waals surface area (Å²) >= 11 is 0. The summed E-state index contributed by atoms with van der Waals surface area (Å²) in [7, 11) is 0. The van der Waals surface area contributed by atoms with Gasteiger partial charge in [-0.25, -0.2) is 4.79 Å². The van der Waals surface area contributed by atoms with Crippen molar-refractivity contribution in [2.45, 2.75) is 104 Å². The van der Waals surface area contributed by atoms with Crippen molar-refractivity contribution in [3.05, 3.63) is 34.9 Å². The molecule has 1 fully saturated rings. The minimum atomic E-state index is -0.829. The number of carbonyl (C=O) groups excluding carboxylic acids is 3. The summed E-state index contributed by atoms with van der Waals surface area (Å²) in [5.74, 6) is -0.496. The third-order valence-corrected chi connectivity index (χ3v) is 5.51. The van der Waals surface area contributed by atoms with Gasteiger partial charge in [-0.2, -0.15) is 0 Å².